The van der Waals surface area contributed by atoms with Gasteiger partial charge in [-0.15, -0.1) is 0 Å². The lowest BCUT2D eigenvalue weighted by Gasteiger charge is -2.36. The second-order valence-corrected chi connectivity index (χ2v) is 8.02. The molecule has 32 heavy (non-hydrogen) atoms. The number of rotatable bonds is 3. The van der Waals surface area contributed by atoms with Gasteiger partial charge in [-0.05, 0) is 36.2 Å². The van der Waals surface area contributed by atoms with Crippen LogP contribution in [-0.4, -0.2) is 30.1 Å². The van der Waals surface area contributed by atoms with Gasteiger partial charge in [-0.1, -0.05) is 42.5 Å². The van der Waals surface area contributed by atoms with Crippen molar-refractivity contribution >= 4 is 17.5 Å². The van der Waals surface area contributed by atoms with E-state index < -0.39 is 11.7 Å². The molecule has 1 aromatic heterocycles. The second-order valence-electron chi connectivity index (χ2n) is 8.02. The minimum absolute atomic E-state index is 0.0254. The van der Waals surface area contributed by atoms with Gasteiger partial charge >= 0.3 is 12.2 Å². The van der Waals surface area contributed by atoms with Crippen molar-refractivity contribution in [2.45, 2.75) is 25.2 Å². The van der Waals surface area contributed by atoms with Crippen LogP contribution in [0.5, 0.6) is 0 Å². The number of aromatic nitrogens is 1. The highest BCUT2D eigenvalue weighted by Crippen LogP contribution is 2.40. The molecule has 3 aromatic rings. The number of halogens is 3. The summed E-state index contributed by atoms with van der Waals surface area (Å²) in [6.07, 6.45) is -3.62. The van der Waals surface area contributed by atoms with E-state index in [1.165, 1.54) is 6.07 Å². The highest BCUT2D eigenvalue weighted by atomic mass is 19.4. The number of hydrogen-bond donors (Lipinski definition) is 1. The Kier molecular flexibility index (Phi) is 5.00. The summed E-state index contributed by atoms with van der Waals surface area (Å²) in [6.45, 7) is 1.91. The van der Waals surface area contributed by atoms with E-state index in [2.05, 4.69) is 15.2 Å². The van der Waals surface area contributed by atoms with E-state index >= 15 is 0 Å². The van der Waals surface area contributed by atoms with E-state index in [0.29, 0.717) is 23.6 Å². The standard InChI is InChI=1S/C24H21F3N4O/c25-24(26,27)18-8-4-7-17(13-18)20-9-10-21-22(29-20)31(19-11-12-30(21)15-19)23(32)28-14-16-5-2-1-3-6-16/h1-10,13,19H,11-12,14-15H2,(H,28,32)/t19-/m0/s1. The molecule has 1 fully saturated rings. The fourth-order valence-corrected chi connectivity index (χ4v) is 4.35. The second kappa shape index (κ2) is 7.85. The van der Waals surface area contributed by atoms with Gasteiger partial charge in [-0.3, -0.25) is 4.90 Å². The fourth-order valence-electron chi connectivity index (χ4n) is 4.35. The largest absolute Gasteiger partial charge is 0.416 e. The number of carbonyl (C=O) groups excluding carboxylic acids is 1. The number of pyridine rings is 1. The summed E-state index contributed by atoms with van der Waals surface area (Å²) in [5, 5.41) is 2.96. The number of urea groups is 1. The number of carbonyl (C=O) groups is 1. The van der Waals surface area contributed by atoms with Crippen LogP contribution < -0.4 is 15.1 Å². The Balaban J connectivity index is 1.47. The number of nitrogens with zero attached hydrogens (tertiary/aromatic N) is 3. The van der Waals surface area contributed by atoms with Crippen molar-refractivity contribution in [2.24, 2.45) is 0 Å². The number of benzene rings is 2. The smallest absolute Gasteiger partial charge is 0.366 e. The predicted molar refractivity (Wildman–Crippen MR) is 116 cm³/mol. The zero-order valence-corrected chi connectivity index (χ0v) is 17.1. The third-order valence-electron chi connectivity index (χ3n) is 5.94. The molecule has 3 heterocycles. The van der Waals surface area contributed by atoms with E-state index in [-0.39, 0.29) is 12.1 Å². The molecule has 2 bridgehead atoms. The number of amides is 2. The molecule has 2 aromatic carbocycles. The van der Waals surface area contributed by atoms with Crippen LogP contribution in [0.15, 0.2) is 66.7 Å². The molecule has 0 aliphatic carbocycles. The number of fused-ring (bicyclic) bond motifs is 4. The van der Waals surface area contributed by atoms with Crippen molar-refractivity contribution in [1.82, 2.24) is 10.3 Å². The molecule has 0 saturated carbocycles. The zero-order chi connectivity index (χ0) is 22.3. The molecular weight excluding hydrogens is 417 g/mol. The van der Waals surface area contributed by atoms with Gasteiger partial charge in [0.1, 0.15) is 0 Å². The van der Waals surface area contributed by atoms with Gasteiger partial charge in [0.2, 0.25) is 0 Å². The van der Waals surface area contributed by atoms with E-state index in [0.717, 1.165) is 42.9 Å². The number of hydrogen-bond acceptors (Lipinski definition) is 3. The molecule has 2 amide bonds. The third kappa shape index (κ3) is 3.77. The van der Waals surface area contributed by atoms with Crippen LogP contribution in [0.4, 0.5) is 29.5 Å². The van der Waals surface area contributed by atoms with Crippen molar-refractivity contribution in [1.29, 1.82) is 0 Å². The van der Waals surface area contributed by atoms with E-state index in [9.17, 15) is 18.0 Å². The molecule has 8 heteroatoms. The van der Waals surface area contributed by atoms with Gasteiger partial charge in [0.25, 0.3) is 0 Å². The minimum Gasteiger partial charge on any atom is -0.366 e. The summed E-state index contributed by atoms with van der Waals surface area (Å²) in [6, 6.07) is 18.0. The fraction of sp³-hybridized carbons (Fsp3) is 0.250. The van der Waals surface area contributed by atoms with Crippen molar-refractivity contribution in [3.8, 4) is 11.3 Å². The molecule has 1 N–H and O–H groups in total. The first kappa shape index (κ1) is 20.4. The topological polar surface area (TPSA) is 48.5 Å². The summed E-state index contributed by atoms with van der Waals surface area (Å²) in [5.41, 5.74) is 1.84. The monoisotopic (exact) mass is 438 g/mol. The highest BCUT2D eigenvalue weighted by Gasteiger charge is 2.40. The van der Waals surface area contributed by atoms with Crippen LogP contribution in [0, 0.1) is 0 Å². The SMILES string of the molecule is O=C(NCc1ccccc1)N1c2nc(-c3cccc(C(F)(F)F)c3)ccc2N2CC[C@H]1C2. The molecule has 5 nitrogen and oxygen atoms in total. The summed E-state index contributed by atoms with van der Waals surface area (Å²) in [4.78, 5) is 21.7. The average molecular weight is 438 g/mol. The zero-order valence-electron chi connectivity index (χ0n) is 17.1. The molecule has 0 spiro atoms. The van der Waals surface area contributed by atoms with Crippen LogP contribution in [0.1, 0.15) is 17.5 Å². The molecule has 164 valence electrons. The predicted octanol–water partition coefficient (Wildman–Crippen LogP) is 5.08. The Bertz CT molecular complexity index is 1150. The molecule has 2 aliphatic heterocycles. The summed E-state index contributed by atoms with van der Waals surface area (Å²) in [5.74, 6) is 0.485. The number of alkyl halides is 3. The third-order valence-corrected chi connectivity index (χ3v) is 5.94. The van der Waals surface area contributed by atoms with E-state index in [1.807, 2.05) is 36.4 Å². The summed E-state index contributed by atoms with van der Waals surface area (Å²) in [7, 11) is 0. The van der Waals surface area contributed by atoms with Gasteiger partial charge in [0, 0.05) is 25.2 Å². The number of nitrogens with one attached hydrogen (secondary N) is 1. The van der Waals surface area contributed by atoms with Crippen LogP contribution in [0.25, 0.3) is 11.3 Å². The normalized spacial score (nSPS) is 17.3. The summed E-state index contributed by atoms with van der Waals surface area (Å²) < 4.78 is 39.5. The first-order valence-corrected chi connectivity index (χ1v) is 10.4. The van der Waals surface area contributed by atoms with Crippen LogP contribution in [0.2, 0.25) is 0 Å². The maximum Gasteiger partial charge on any atom is 0.416 e. The quantitative estimate of drug-likeness (QED) is 0.621. The van der Waals surface area contributed by atoms with Crippen LogP contribution in [0.3, 0.4) is 0 Å². The van der Waals surface area contributed by atoms with Crippen LogP contribution >= 0.6 is 0 Å². The molecule has 0 radical (unpaired) electrons. The van der Waals surface area contributed by atoms with Gasteiger partial charge < -0.3 is 10.2 Å². The Morgan fingerprint density at radius 1 is 1.06 bits per heavy atom. The first-order chi connectivity index (χ1) is 15.4. The average Bonchev–Trinajstić information content (AvgIpc) is 3.22. The lowest BCUT2D eigenvalue weighted by molar-refractivity contribution is -0.137. The molecular formula is C24H21F3N4O. The maximum atomic E-state index is 13.2. The molecule has 5 rings (SSSR count). The van der Waals surface area contributed by atoms with E-state index in [4.69, 9.17) is 0 Å². The first-order valence-electron chi connectivity index (χ1n) is 10.4. The highest BCUT2D eigenvalue weighted by molar-refractivity contribution is 5.97. The van der Waals surface area contributed by atoms with Gasteiger partial charge in [0.15, 0.2) is 5.82 Å². The Hall–Kier alpha value is -3.55. The van der Waals surface area contributed by atoms with Gasteiger partial charge in [0.05, 0.1) is 23.0 Å². The van der Waals surface area contributed by atoms with Crippen molar-refractivity contribution in [3.05, 3.63) is 77.9 Å². The molecule has 0 unspecified atom stereocenters. The Morgan fingerprint density at radius 2 is 1.88 bits per heavy atom. The van der Waals surface area contributed by atoms with Crippen molar-refractivity contribution in [3.63, 3.8) is 0 Å². The van der Waals surface area contributed by atoms with Gasteiger partial charge in [-0.25, -0.2) is 9.78 Å². The molecule has 1 atom stereocenters. The van der Waals surface area contributed by atoms with Gasteiger partial charge in [-0.2, -0.15) is 13.2 Å². The lowest BCUT2D eigenvalue weighted by atomic mass is 10.1. The van der Waals surface area contributed by atoms with Crippen LogP contribution in [-0.2, 0) is 12.7 Å². The maximum absolute atomic E-state index is 13.2. The minimum atomic E-state index is -4.43. The van der Waals surface area contributed by atoms with Crippen molar-refractivity contribution < 1.29 is 18.0 Å². The summed E-state index contributed by atoms with van der Waals surface area (Å²) >= 11 is 0. The lowest BCUT2D eigenvalue weighted by Crippen LogP contribution is -2.50. The van der Waals surface area contributed by atoms with Crippen molar-refractivity contribution in [2.75, 3.05) is 22.9 Å². The molecule has 1 saturated heterocycles. The molecule has 2 aliphatic rings. The van der Waals surface area contributed by atoms with E-state index in [1.54, 1.807) is 17.0 Å². The Labute approximate surface area is 183 Å². The number of anilines is 2. The Morgan fingerprint density at radius 3 is 2.66 bits per heavy atom.